The number of benzene rings is 2. The molecule has 2 aromatic carbocycles. The summed E-state index contributed by atoms with van der Waals surface area (Å²) >= 11 is 1.36. The number of ether oxygens (including phenoxy) is 3. The van der Waals surface area contributed by atoms with Gasteiger partial charge in [-0.3, -0.25) is 4.79 Å². The van der Waals surface area contributed by atoms with Gasteiger partial charge in [-0.05, 0) is 37.3 Å². The van der Waals surface area contributed by atoms with E-state index in [0.29, 0.717) is 39.4 Å². The van der Waals surface area contributed by atoms with Crippen LogP contribution in [0.1, 0.15) is 32.4 Å². The number of methoxy groups -OCH3 is 2. The van der Waals surface area contributed by atoms with Crippen LogP contribution in [-0.4, -0.2) is 42.7 Å². The first kappa shape index (κ1) is 21.4. The average Bonchev–Trinajstić information content (AvgIpc) is 3.20. The number of nitrogens with zero attached hydrogens (tertiary/aromatic N) is 2. The van der Waals surface area contributed by atoms with Gasteiger partial charge in [0, 0.05) is 4.90 Å². The first-order chi connectivity index (χ1) is 14.5. The van der Waals surface area contributed by atoms with Crippen molar-refractivity contribution in [2.45, 2.75) is 17.6 Å². The van der Waals surface area contributed by atoms with Crippen LogP contribution in [0.15, 0.2) is 51.9 Å². The third-order valence-electron chi connectivity index (χ3n) is 4.07. The number of thioether (sulfide) groups is 1. The molecule has 0 saturated heterocycles. The Balaban J connectivity index is 1.67. The highest BCUT2D eigenvalue weighted by molar-refractivity contribution is 7.98. The highest BCUT2D eigenvalue weighted by atomic mass is 32.2. The van der Waals surface area contributed by atoms with Crippen LogP contribution in [0.4, 0.5) is 0 Å². The SMILES string of the molecule is COc1ccc(OC)c(C(=O)COC(=O)c2ccccc2SCc2nc(C)no2)c1. The van der Waals surface area contributed by atoms with Crippen molar-refractivity contribution < 1.29 is 28.3 Å². The van der Waals surface area contributed by atoms with Gasteiger partial charge in [0.2, 0.25) is 11.7 Å². The molecule has 9 heteroatoms. The summed E-state index contributed by atoms with van der Waals surface area (Å²) in [5, 5.41) is 3.74. The topological polar surface area (TPSA) is 101 Å². The van der Waals surface area contributed by atoms with Crippen LogP contribution in [-0.2, 0) is 10.5 Å². The van der Waals surface area contributed by atoms with Gasteiger partial charge in [0.05, 0.1) is 31.1 Å². The number of ketones is 1. The number of aromatic nitrogens is 2. The third kappa shape index (κ3) is 5.18. The lowest BCUT2D eigenvalue weighted by Gasteiger charge is -2.11. The van der Waals surface area contributed by atoms with Gasteiger partial charge in [-0.15, -0.1) is 11.8 Å². The summed E-state index contributed by atoms with van der Waals surface area (Å²) in [4.78, 5) is 30.0. The van der Waals surface area contributed by atoms with Gasteiger partial charge in [-0.1, -0.05) is 17.3 Å². The molecule has 0 radical (unpaired) electrons. The molecule has 0 aliphatic heterocycles. The molecule has 0 atom stereocenters. The van der Waals surface area contributed by atoms with E-state index in [1.807, 2.05) is 6.07 Å². The Labute approximate surface area is 177 Å². The van der Waals surface area contributed by atoms with E-state index in [9.17, 15) is 9.59 Å². The lowest BCUT2D eigenvalue weighted by molar-refractivity contribution is 0.0470. The van der Waals surface area contributed by atoms with Gasteiger partial charge < -0.3 is 18.7 Å². The van der Waals surface area contributed by atoms with Crippen LogP contribution in [0.25, 0.3) is 0 Å². The Morgan fingerprint density at radius 2 is 1.87 bits per heavy atom. The van der Waals surface area contributed by atoms with Crippen LogP contribution in [0.3, 0.4) is 0 Å². The molecule has 0 spiro atoms. The number of aryl methyl sites for hydroxylation is 1. The lowest BCUT2D eigenvalue weighted by Crippen LogP contribution is -2.15. The Hall–Kier alpha value is -3.33. The summed E-state index contributed by atoms with van der Waals surface area (Å²) in [6.45, 7) is 1.31. The Morgan fingerprint density at radius 1 is 1.07 bits per heavy atom. The molecule has 0 fully saturated rings. The minimum Gasteiger partial charge on any atom is -0.497 e. The van der Waals surface area contributed by atoms with Gasteiger partial charge in [-0.2, -0.15) is 4.98 Å². The van der Waals surface area contributed by atoms with Crippen LogP contribution < -0.4 is 9.47 Å². The van der Waals surface area contributed by atoms with Gasteiger partial charge >= 0.3 is 5.97 Å². The predicted octanol–water partition coefficient (Wildman–Crippen LogP) is 3.73. The van der Waals surface area contributed by atoms with E-state index in [-0.39, 0.29) is 5.56 Å². The third-order valence-corrected chi connectivity index (χ3v) is 5.13. The molecule has 8 nitrogen and oxygen atoms in total. The maximum atomic E-state index is 12.6. The summed E-state index contributed by atoms with van der Waals surface area (Å²) < 4.78 is 20.7. The molecular formula is C21H20N2O6S. The zero-order valence-corrected chi connectivity index (χ0v) is 17.5. The van der Waals surface area contributed by atoms with Crippen molar-refractivity contribution in [3.8, 4) is 11.5 Å². The average molecular weight is 428 g/mol. The van der Waals surface area contributed by atoms with Crippen molar-refractivity contribution in [1.82, 2.24) is 10.1 Å². The van der Waals surface area contributed by atoms with Crippen molar-refractivity contribution in [2.24, 2.45) is 0 Å². The number of esters is 1. The predicted molar refractivity (Wildman–Crippen MR) is 109 cm³/mol. The van der Waals surface area contributed by atoms with Gasteiger partial charge in [0.15, 0.2) is 12.4 Å². The molecule has 1 heterocycles. The molecule has 0 aliphatic carbocycles. The second kappa shape index (κ2) is 9.93. The molecule has 0 saturated carbocycles. The van der Waals surface area contributed by atoms with Crippen LogP contribution >= 0.6 is 11.8 Å². The van der Waals surface area contributed by atoms with Gasteiger partial charge in [0.25, 0.3) is 0 Å². The minimum absolute atomic E-state index is 0.277. The zero-order valence-electron chi connectivity index (χ0n) is 16.7. The molecule has 0 amide bonds. The second-order valence-electron chi connectivity index (χ2n) is 6.09. The standard InChI is InChI=1S/C21H20N2O6S/c1-13-22-20(29-23-13)12-30-19-7-5-4-6-15(19)21(25)28-11-17(24)16-10-14(26-2)8-9-18(16)27-3/h4-10H,11-12H2,1-3H3. The molecule has 0 N–H and O–H groups in total. The van der Waals surface area contributed by atoms with E-state index < -0.39 is 18.4 Å². The fourth-order valence-corrected chi connectivity index (χ4v) is 3.50. The van der Waals surface area contributed by atoms with E-state index in [0.717, 1.165) is 0 Å². The van der Waals surface area contributed by atoms with E-state index in [2.05, 4.69) is 10.1 Å². The lowest BCUT2D eigenvalue weighted by atomic mass is 10.1. The van der Waals surface area contributed by atoms with E-state index >= 15 is 0 Å². The number of rotatable bonds is 9. The highest BCUT2D eigenvalue weighted by Crippen LogP contribution is 2.27. The monoisotopic (exact) mass is 428 g/mol. The van der Waals surface area contributed by atoms with E-state index in [1.54, 1.807) is 43.3 Å². The summed E-state index contributed by atoms with van der Waals surface area (Å²) in [5.41, 5.74) is 0.628. The zero-order chi connectivity index (χ0) is 21.5. The molecular weight excluding hydrogens is 408 g/mol. The van der Waals surface area contributed by atoms with Crippen molar-refractivity contribution in [2.75, 3.05) is 20.8 Å². The summed E-state index contributed by atoms with van der Waals surface area (Å²) in [6, 6.07) is 11.8. The van der Waals surface area contributed by atoms with Crippen LogP contribution in [0.2, 0.25) is 0 Å². The van der Waals surface area contributed by atoms with Crippen molar-refractivity contribution in [3.63, 3.8) is 0 Å². The fraction of sp³-hybridized carbons (Fsp3) is 0.238. The fourth-order valence-electron chi connectivity index (χ4n) is 2.62. The Morgan fingerprint density at radius 3 is 2.57 bits per heavy atom. The van der Waals surface area contributed by atoms with Gasteiger partial charge in [0.1, 0.15) is 11.5 Å². The molecule has 1 aromatic heterocycles. The maximum absolute atomic E-state index is 12.6. The first-order valence-corrected chi connectivity index (χ1v) is 9.93. The number of carbonyl (C=O) groups is 2. The van der Waals surface area contributed by atoms with Crippen molar-refractivity contribution in [1.29, 1.82) is 0 Å². The van der Waals surface area contributed by atoms with Crippen molar-refractivity contribution in [3.05, 3.63) is 65.3 Å². The Bertz CT molecular complexity index is 1050. The smallest absolute Gasteiger partial charge is 0.339 e. The second-order valence-corrected chi connectivity index (χ2v) is 7.10. The first-order valence-electron chi connectivity index (χ1n) is 8.95. The van der Waals surface area contributed by atoms with Crippen LogP contribution in [0.5, 0.6) is 11.5 Å². The van der Waals surface area contributed by atoms with Gasteiger partial charge in [-0.25, -0.2) is 4.79 Å². The van der Waals surface area contributed by atoms with E-state index in [4.69, 9.17) is 18.7 Å². The Kier molecular flexibility index (Phi) is 7.08. The highest BCUT2D eigenvalue weighted by Gasteiger charge is 2.19. The van der Waals surface area contributed by atoms with E-state index in [1.165, 1.54) is 26.0 Å². The quantitative estimate of drug-likeness (QED) is 0.287. The van der Waals surface area contributed by atoms with Crippen molar-refractivity contribution >= 4 is 23.5 Å². The van der Waals surface area contributed by atoms with Crippen LogP contribution in [0, 0.1) is 6.92 Å². The summed E-state index contributed by atoms with van der Waals surface area (Å²) in [6.07, 6.45) is 0. The number of carbonyl (C=O) groups excluding carboxylic acids is 2. The summed E-state index contributed by atoms with van der Waals surface area (Å²) in [5.74, 6) is 1.29. The summed E-state index contributed by atoms with van der Waals surface area (Å²) in [7, 11) is 2.96. The number of Topliss-reactive ketones (excluding diaryl/α,β-unsaturated/α-hetero) is 1. The molecule has 0 unspecified atom stereocenters. The number of hydrogen-bond acceptors (Lipinski definition) is 9. The molecule has 0 aliphatic rings. The maximum Gasteiger partial charge on any atom is 0.339 e. The normalized spacial score (nSPS) is 10.5. The molecule has 3 rings (SSSR count). The molecule has 3 aromatic rings. The minimum atomic E-state index is -0.602. The molecule has 0 bridgehead atoms. The largest absolute Gasteiger partial charge is 0.497 e. The molecule has 156 valence electrons. The molecule has 30 heavy (non-hydrogen) atoms. The number of hydrogen-bond donors (Lipinski definition) is 0.